The number of benzene rings is 3. The number of hydrogen-bond donors (Lipinski definition) is 1. The number of carbonyl (C=O) groups excluding carboxylic acids is 1. The van der Waals surface area contributed by atoms with Gasteiger partial charge in [-0.2, -0.15) is 30.6 Å². The Bertz CT molecular complexity index is 1340. The molecule has 0 heterocycles. The molecule has 0 aliphatic heterocycles. The first-order valence-electron chi connectivity index (χ1n) is 10.5. The van der Waals surface area contributed by atoms with E-state index in [1.807, 2.05) is 5.32 Å². The van der Waals surface area contributed by atoms with Crippen molar-refractivity contribution in [3.63, 3.8) is 0 Å². The summed E-state index contributed by atoms with van der Waals surface area (Å²) in [5.41, 5.74) is -2.73. The van der Waals surface area contributed by atoms with Gasteiger partial charge in [-0.3, -0.25) is 4.79 Å². The average molecular weight is 609 g/mol. The van der Waals surface area contributed by atoms with Crippen LogP contribution in [0.4, 0.5) is 32.0 Å². The van der Waals surface area contributed by atoms with Crippen LogP contribution in [0.3, 0.4) is 0 Å². The minimum absolute atomic E-state index is 0.0721. The molecule has 3 rings (SSSR count). The van der Waals surface area contributed by atoms with E-state index in [0.29, 0.717) is 22.2 Å². The molecule has 0 radical (unpaired) electrons. The van der Waals surface area contributed by atoms with E-state index in [1.54, 1.807) is 43.3 Å². The predicted octanol–water partition coefficient (Wildman–Crippen LogP) is 6.62. The Hall–Kier alpha value is -2.90. The van der Waals surface area contributed by atoms with E-state index in [-0.39, 0.29) is 17.5 Å². The van der Waals surface area contributed by atoms with Gasteiger partial charge in [0.25, 0.3) is 0 Å². The number of carbonyl (C=O) groups is 1. The number of nitrogens with zero attached hydrogens (tertiary/aromatic N) is 1. The van der Waals surface area contributed by atoms with Gasteiger partial charge in [0.1, 0.15) is 0 Å². The molecule has 0 atom stereocenters. The first-order chi connectivity index (χ1) is 17.1. The second-order valence-electron chi connectivity index (χ2n) is 8.06. The maximum absolute atomic E-state index is 13.3. The molecule has 0 aliphatic carbocycles. The highest BCUT2D eigenvalue weighted by molar-refractivity contribution is 9.10. The zero-order chi connectivity index (χ0) is 27.6. The zero-order valence-corrected chi connectivity index (χ0v) is 21.4. The van der Waals surface area contributed by atoms with Gasteiger partial charge in [0.2, 0.25) is 15.9 Å². The fourth-order valence-electron chi connectivity index (χ4n) is 3.27. The highest BCUT2D eigenvalue weighted by Crippen LogP contribution is 2.37. The van der Waals surface area contributed by atoms with Crippen molar-refractivity contribution in [3.05, 3.63) is 93.5 Å². The number of halogens is 7. The maximum atomic E-state index is 13.3. The van der Waals surface area contributed by atoms with Gasteiger partial charge in [-0.1, -0.05) is 45.8 Å². The third-order valence-electron chi connectivity index (χ3n) is 5.12. The number of amides is 1. The fourth-order valence-corrected chi connectivity index (χ4v) is 4.92. The van der Waals surface area contributed by atoms with E-state index >= 15 is 0 Å². The lowest BCUT2D eigenvalue weighted by Crippen LogP contribution is -2.37. The van der Waals surface area contributed by atoms with Gasteiger partial charge >= 0.3 is 12.4 Å². The lowest BCUT2D eigenvalue weighted by Gasteiger charge is -2.22. The SMILES string of the molecule is Cc1ccc(S(=O)(=O)N(CC(=O)Nc2cc(C(F)(F)F)cc(C(F)(F)F)c2)Cc2ccc(Br)cc2)cc1. The summed E-state index contributed by atoms with van der Waals surface area (Å²) in [4.78, 5) is 12.6. The Balaban J connectivity index is 1.94. The van der Waals surface area contributed by atoms with Gasteiger partial charge in [-0.25, -0.2) is 8.42 Å². The van der Waals surface area contributed by atoms with Gasteiger partial charge in [0.15, 0.2) is 0 Å². The summed E-state index contributed by atoms with van der Waals surface area (Å²) in [5.74, 6) is -1.12. The molecular formula is C24H19BrF6N2O3S. The van der Waals surface area contributed by atoms with Crippen molar-refractivity contribution in [3.8, 4) is 0 Å². The lowest BCUT2D eigenvalue weighted by molar-refractivity contribution is -0.143. The van der Waals surface area contributed by atoms with E-state index < -0.39 is 51.6 Å². The molecule has 3 aromatic carbocycles. The molecule has 0 fully saturated rings. The van der Waals surface area contributed by atoms with Crippen LogP contribution < -0.4 is 5.32 Å². The first-order valence-corrected chi connectivity index (χ1v) is 12.7. The molecule has 198 valence electrons. The first kappa shape index (κ1) is 28.7. The van der Waals surface area contributed by atoms with E-state index in [0.717, 1.165) is 9.87 Å². The van der Waals surface area contributed by atoms with Crippen molar-refractivity contribution < 1.29 is 39.6 Å². The Morgan fingerprint density at radius 2 is 1.38 bits per heavy atom. The number of aryl methyl sites for hydroxylation is 1. The van der Waals surface area contributed by atoms with Crippen LogP contribution in [-0.4, -0.2) is 25.2 Å². The molecule has 13 heteroatoms. The van der Waals surface area contributed by atoms with Crippen LogP contribution in [0.1, 0.15) is 22.3 Å². The molecule has 0 unspecified atom stereocenters. The average Bonchev–Trinajstić information content (AvgIpc) is 2.79. The molecule has 1 amide bonds. The van der Waals surface area contributed by atoms with Crippen LogP contribution in [0.25, 0.3) is 0 Å². The predicted molar refractivity (Wildman–Crippen MR) is 128 cm³/mol. The fraction of sp³-hybridized carbons (Fsp3) is 0.208. The highest BCUT2D eigenvalue weighted by atomic mass is 79.9. The van der Waals surface area contributed by atoms with Gasteiger partial charge in [-0.15, -0.1) is 0 Å². The van der Waals surface area contributed by atoms with Crippen molar-refractivity contribution in [2.75, 3.05) is 11.9 Å². The Kier molecular flexibility index (Phi) is 8.40. The summed E-state index contributed by atoms with van der Waals surface area (Å²) in [7, 11) is -4.28. The molecule has 0 aliphatic rings. The molecule has 0 saturated carbocycles. The van der Waals surface area contributed by atoms with Gasteiger partial charge in [-0.05, 0) is 55.0 Å². The van der Waals surface area contributed by atoms with Crippen molar-refractivity contribution in [1.82, 2.24) is 4.31 Å². The number of alkyl halides is 6. The molecule has 0 spiro atoms. The van der Waals surface area contributed by atoms with Crippen LogP contribution in [0.2, 0.25) is 0 Å². The van der Waals surface area contributed by atoms with Gasteiger partial charge in [0.05, 0.1) is 22.6 Å². The number of sulfonamides is 1. The molecule has 0 saturated heterocycles. The lowest BCUT2D eigenvalue weighted by atomic mass is 10.1. The van der Waals surface area contributed by atoms with Crippen LogP contribution in [-0.2, 0) is 33.7 Å². The van der Waals surface area contributed by atoms with Crippen molar-refractivity contribution in [2.45, 2.75) is 30.7 Å². The van der Waals surface area contributed by atoms with Crippen molar-refractivity contribution >= 4 is 37.5 Å². The van der Waals surface area contributed by atoms with E-state index in [1.165, 1.54) is 12.1 Å². The summed E-state index contributed by atoms with van der Waals surface area (Å²) in [6, 6.07) is 12.9. The number of anilines is 1. The molecule has 37 heavy (non-hydrogen) atoms. The summed E-state index contributed by atoms with van der Waals surface area (Å²) in [6.45, 7) is 0.588. The monoisotopic (exact) mass is 608 g/mol. The van der Waals surface area contributed by atoms with Crippen LogP contribution in [0.15, 0.2) is 76.1 Å². The minimum atomic E-state index is -5.11. The number of hydrogen-bond acceptors (Lipinski definition) is 3. The Morgan fingerprint density at radius 3 is 1.86 bits per heavy atom. The normalized spacial score (nSPS) is 12.6. The van der Waals surface area contributed by atoms with Gasteiger partial charge in [0, 0.05) is 16.7 Å². The summed E-state index contributed by atoms with van der Waals surface area (Å²) in [6.07, 6.45) is -10.2. The highest BCUT2D eigenvalue weighted by Gasteiger charge is 2.37. The number of nitrogens with one attached hydrogen (secondary N) is 1. The maximum Gasteiger partial charge on any atom is 0.416 e. The zero-order valence-electron chi connectivity index (χ0n) is 19.0. The van der Waals surface area contributed by atoms with Crippen molar-refractivity contribution in [2.24, 2.45) is 0 Å². The second kappa shape index (κ2) is 10.8. The Morgan fingerprint density at radius 1 is 0.865 bits per heavy atom. The largest absolute Gasteiger partial charge is 0.416 e. The summed E-state index contributed by atoms with van der Waals surface area (Å²) >= 11 is 3.26. The molecule has 1 N–H and O–H groups in total. The third kappa shape index (κ3) is 7.55. The summed E-state index contributed by atoms with van der Waals surface area (Å²) < 4.78 is 107. The third-order valence-corrected chi connectivity index (χ3v) is 7.46. The number of rotatable bonds is 7. The van der Waals surface area contributed by atoms with Crippen molar-refractivity contribution in [1.29, 1.82) is 0 Å². The van der Waals surface area contributed by atoms with E-state index in [4.69, 9.17) is 0 Å². The van der Waals surface area contributed by atoms with Crippen LogP contribution in [0.5, 0.6) is 0 Å². The topological polar surface area (TPSA) is 66.5 Å². The molecular weight excluding hydrogens is 590 g/mol. The molecule has 5 nitrogen and oxygen atoms in total. The second-order valence-corrected chi connectivity index (χ2v) is 10.9. The molecule has 0 aromatic heterocycles. The van der Waals surface area contributed by atoms with Gasteiger partial charge < -0.3 is 5.32 Å². The van der Waals surface area contributed by atoms with E-state index in [2.05, 4.69) is 15.9 Å². The molecule has 0 bridgehead atoms. The van der Waals surface area contributed by atoms with Crippen LogP contribution in [0, 0.1) is 6.92 Å². The Labute approximate surface area is 217 Å². The van der Waals surface area contributed by atoms with E-state index in [9.17, 15) is 39.6 Å². The standard InChI is InChI=1S/C24H19BrF6N2O3S/c1-15-2-8-21(9-3-15)37(35,36)33(13-16-4-6-19(25)7-5-16)14-22(34)32-20-11-17(23(26,27)28)10-18(12-20)24(29,30)31/h2-12H,13-14H2,1H3,(H,32,34). The summed E-state index contributed by atoms with van der Waals surface area (Å²) in [5, 5.41) is 1.97. The minimum Gasteiger partial charge on any atom is -0.325 e. The quantitative estimate of drug-likeness (QED) is 0.306. The van der Waals surface area contributed by atoms with Crippen LogP contribution >= 0.6 is 15.9 Å². The smallest absolute Gasteiger partial charge is 0.325 e. The molecule has 3 aromatic rings.